The van der Waals surface area contributed by atoms with Crippen molar-refractivity contribution in [1.82, 2.24) is 0 Å². The van der Waals surface area contributed by atoms with Crippen molar-refractivity contribution in [2.75, 3.05) is 13.2 Å². The molecule has 3 nitrogen and oxygen atoms in total. The van der Waals surface area contributed by atoms with E-state index < -0.39 is 6.29 Å². The predicted molar refractivity (Wildman–Crippen MR) is 56.1 cm³/mol. The Labute approximate surface area is 86.8 Å². The predicted octanol–water partition coefficient (Wildman–Crippen LogP) is 2.39. The first kappa shape index (κ1) is 13.6. The van der Waals surface area contributed by atoms with E-state index in [0.29, 0.717) is 13.2 Å². The highest BCUT2D eigenvalue weighted by atomic mass is 16.7. The van der Waals surface area contributed by atoms with Crippen molar-refractivity contribution < 1.29 is 14.3 Å². The van der Waals surface area contributed by atoms with Crippen LogP contribution >= 0.6 is 0 Å². The van der Waals surface area contributed by atoms with Crippen molar-refractivity contribution in [3.63, 3.8) is 0 Å². The van der Waals surface area contributed by atoms with E-state index in [1.165, 1.54) is 0 Å². The van der Waals surface area contributed by atoms with Crippen LogP contribution in [0.2, 0.25) is 0 Å². The van der Waals surface area contributed by atoms with Gasteiger partial charge >= 0.3 is 0 Å². The smallest absolute Gasteiger partial charge is 0.218 e. The summed E-state index contributed by atoms with van der Waals surface area (Å²) in [5.41, 5.74) is 0. The maximum absolute atomic E-state index is 11.8. The first-order valence-electron chi connectivity index (χ1n) is 5.48. The second kappa shape index (κ2) is 7.94. The van der Waals surface area contributed by atoms with E-state index in [9.17, 15) is 4.79 Å². The van der Waals surface area contributed by atoms with Gasteiger partial charge in [0.15, 0.2) is 5.78 Å². The van der Waals surface area contributed by atoms with Gasteiger partial charge in [0, 0.05) is 19.1 Å². The number of ether oxygens (including phenoxy) is 2. The Balaban J connectivity index is 4.24. The lowest BCUT2D eigenvalue weighted by atomic mass is 9.98. The molecular weight excluding hydrogens is 180 g/mol. The summed E-state index contributed by atoms with van der Waals surface area (Å²) in [5, 5.41) is 0. The summed E-state index contributed by atoms with van der Waals surface area (Å²) in [5.74, 6) is 0.150. The fourth-order valence-electron chi connectivity index (χ4n) is 1.40. The molecule has 0 aliphatic carbocycles. The average molecular weight is 202 g/mol. The van der Waals surface area contributed by atoms with Crippen molar-refractivity contribution >= 4 is 5.78 Å². The maximum Gasteiger partial charge on any atom is 0.218 e. The molecule has 0 aromatic rings. The Kier molecular flexibility index (Phi) is 7.71. The van der Waals surface area contributed by atoms with Crippen LogP contribution in [0.4, 0.5) is 0 Å². The number of hydrogen-bond donors (Lipinski definition) is 0. The van der Waals surface area contributed by atoms with Crippen LogP contribution in [0.5, 0.6) is 0 Å². The molecule has 0 saturated carbocycles. The summed E-state index contributed by atoms with van der Waals surface area (Å²) >= 11 is 0. The zero-order valence-corrected chi connectivity index (χ0v) is 9.71. The first-order valence-corrected chi connectivity index (χ1v) is 5.48. The second-order valence-corrected chi connectivity index (χ2v) is 3.16. The topological polar surface area (TPSA) is 35.5 Å². The Morgan fingerprint density at radius 1 is 1.00 bits per heavy atom. The Morgan fingerprint density at radius 2 is 1.43 bits per heavy atom. The molecule has 0 aromatic carbocycles. The summed E-state index contributed by atoms with van der Waals surface area (Å²) in [6.07, 6.45) is 1.05. The van der Waals surface area contributed by atoms with Gasteiger partial charge in [0.25, 0.3) is 0 Å². The number of Topliss-reactive ketones (excluding diaryl/α,β-unsaturated/α-hetero) is 1. The molecule has 84 valence electrons. The van der Waals surface area contributed by atoms with Gasteiger partial charge in [-0.1, -0.05) is 13.8 Å². The molecule has 0 bridgehead atoms. The molecule has 14 heavy (non-hydrogen) atoms. The van der Waals surface area contributed by atoms with Gasteiger partial charge in [-0.05, 0) is 26.7 Å². The van der Waals surface area contributed by atoms with Crippen molar-refractivity contribution in [2.45, 2.75) is 46.8 Å². The van der Waals surface area contributed by atoms with E-state index in [2.05, 4.69) is 0 Å². The molecule has 0 spiro atoms. The van der Waals surface area contributed by atoms with E-state index in [1.807, 2.05) is 27.7 Å². The van der Waals surface area contributed by atoms with E-state index in [4.69, 9.17) is 9.47 Å². The van der Waals surface area contributed by atoms with Gasteiger partial charge in [-0.25, -0.2) is 0 Å². The van der Waals surface area contributed by atoms with Crippen LogP contribution in [-0.2, 0) is 14.3 Å². The summed E-state index contributed by atoms with van der Waals surface area (Å²) in [7, 11) is 0. The third kappa shape index (κ3) is 4.20. The molecule has 0 N–H and O–H groups in total. The van der Waals surface area contributed by atoms with Gasteiger partial charge in [0.1, 0.15) is 0 Å². The van der Waals surface area contributed by atoms with Gasteiger partial charge < -0.3 is 9.47 Å². The molecule has 0 saturated heterocycles. The molecule has 0 heterocycles. The minimum absolute atomic E-state index is 0.0677. The molecule has 0 aliphatic rings. The molecule has 0 rings (SSSR count). The Morgan fingerprint density at radius 3 is 1.71 bits per heavy atom. The van der Waals surface area contributed by atoms with Crippen LogP contribution in [0.15, 0.2) is 0 Å². The number of rotatable bonds is 8. The lowest BCUT2D eigenvalue weighted by Gasteiger charge is -2.20. The lowest BCUT2D eigenvalue weighted by Crippen LogP contribution is -2.32. The van der Waals surface area contributed by atoms with Crippen LogP contribution < -0.4 is 0 Å². The highest BCUT2D eigenvalue weighted by Gasteiger charge is 2.25. The lowest BCUT2D eigenvalue weighted by molar-refractivity contribution is -0.172. The third-order valence-corrected chi connectivity index (χ3v) is 2.26. The highest BCUT2D eigenvalue weighted by molar-refractivity contribution is 5.84. The first-order chi connectivity index (χ1) is 6.71. The molecule has 0 amide bonds. The molecular formula is C11H22O3. The van der Waals surface area contributed by atoms with Crippen molar-refractivity contribution in [3.8, 4) is 0 Å². The van der Waals surface area contributed by atoms with Crippen LogP contribution in [0.25, 0.3) is 0 Å². The van der Waals surface area contributed by atoms with E-state index >= 15 is 0 Å². The van der Waals surface area contributed by atoms with Crippen molar-refractivity contribution in [3.05, 3.63) is 0 Å². The van der Waals surface area contributed by atoms with Crippen molar-refractivity contribution in [2.24, 2.45) is 5.92 Å². The van der Waals surface area contributed by atoms with Gasteiger partial charge in [0.05, 0.1) is 0 Å². The molecule has 0 aromatic heterocycles. The third-order valence-electron chi connectivity index (χ3n) is 2.26. The molecule has 0 fully saturated rings. The van der Waals surface area contributed by atoms with Gasteiger partial charge in [-0.3, -0.25) is 4.79 Å². The molecule has 0 radical (unpaired) electrons. The quantitative estimate of drug-likeness (QED) is 0.567. The highest BCUT2D eigenvalue weighted by Crippen LogP contribution is 2.13. The standard InChI is InChI=1S/C11H22O3/c1-5-9(6-2)10(12)11(13-7-3)14-8-4/h9,11H,5-8H2,1-4H3. The number of carbonyl (C=O) groups excluding carboxylic acids is 1. The Bertz CT molecular complexity index is 147. The number of ketones is 1. The number of hydrogen-bond acceptors (Lipinski definition) is 3. The average Bonchev–Trinajstić information content (AvgIpc) is 2.19. The summed E-state index contributed by atoms with van der Waals surface area (Å²) < 4.78 is 10.5. The minimum Gasteiger partial charge on any atom is -0.346 e. The van der Waals surface area contributed by atoms with Crippen LogP contribution in [-0.4, -0.2) is 25.3 Å². The monoisotopic (exact) mass is 202 g/mol. The fraction of sp³-hybridized carbons (Fsp3) is 0.909. The minimum atomic E-state index is -0.658. The molecule has 0 unspecified atom stereocenters. The molecule has 0 atom stereocenters. The normalized spacial score (nSPS) is 11.3. The summed E-state index contributed by atoms with van der Waals surface area (Å²) in [6, 6.07) is 0. The van der Waals surface area contributed by atoms with Crippen LogP contribution in [0.3, 0.4) is 0 Å². The molecule has 0 aliphatic heterocycles. The maximum atomic E-state index is 11.8. The largest absolute Gasteiger partial charge is 0.346 e. The second-order valence-electron chi connectivity index (χ2n) is 3.16. The van der Waals surface area contributed by atoms with Crippen LogP contribution in [0.1, 0.15) is 40.5 Å². The zero-order valence-electron chi connectivity index (χ0n) is 9.71. The van der Waals surface area contributed by atoms with E-state index in [-0.39, 0.29) is 11.7 Å². The van der Waals surface area contributed by atoms with E-state index in [0.717, 1.165) is 12.8 Å². The van der Waals surface area contributed by atoms with Gasteiger partial charge in [-0.2, -0.15) is 0 Å². The van der Waals surface area contributed by atoms with Crippen molar-refractivity contribution in [1.29, 1.82) is 0 Å². The fourth-order valence-corrected chi connectivity index (χ4v) is 1.40. The number of carbonyl (C=O) groups is 1. The van der Waals surface area contributed by atoms with Gasteiger partial charge in [-0.15, -0.1) is 0 Å². The zero-order chi connectivity index (χ0) is 11.0. The molecule has 3 heteroatoms. The SMILES string of the molecule is CCOC(OCC)C(=O)C(CC)CC. The van der Waals surface area contributed by atoms with Gasteiger partial charge in [0.2, 0.25) is 6.29 Å². The summed E-state index contributed by atoms with van der Waals surface area (Å²) in [4.78, 5) is 11.8. The Hall–Kier alpha value is -0.410. The van der Waals surface area contributed by atoms with E-state index in [1.54, 1.807) is 0 Å². The van der Waals surface area contributed by atoms with Crippen LogP contribution in [0, 0.1) is 5.92 Å². The summed E-state index contributed by atoms with van der Waals surface area (Å²) in [6.45, 7) is 8.79.